The van der Waals surface area contributed by atoms with Gasteiger partial charge in [-0.05, 0) is 41.0 Å². The first-order valence-electron chi connectivity index (χ1n) is 11.4. The van der Waals surface area contributed by atoms with Gasteiger partial charge in [-0.15, -0.1) is 0 Å². The first kappa shape index (κ1) is 21.9. The minimum Gasteiger partial charge on any atom is -0.480 e. The van der Waals surface area contributed by atoms with E-state index in [0.29, 0.717) is 12.8 Å². The van der Waals surface area contributed by atoms with Crippen molar-refractivity contribution in [3.05, 3.63) is 59.7 Å². The van der Waals surface area contributed by atoms with E-state index in [-0.39, 0.29) is 37.3 Å². The Morgan fingerprint density at radius 2 is 1.65 bits per heavy atom. The summed E-state index contributed by atoms with van der Waals surface area (Å²) in [6.45, 7) is 0.236. The lowest BCUT2D eigenvalue weighted by Gasteiger charge is -2.36. The van der Waals surface area contributed by atoms with Gasteiger partial charge in [-0.1, -0.05) is 48.5 Å². The van der Waals surface area contributed by atoms with Crippen molar-refractivity contribution < 1.29 is 29.0 Å². The number of ether oxygens (including phenoxy) is 1. The number of aliphatic carboxylic acids is 1. The van der Waals surface area contributed by atoms with Gasteiger partial charge < -0.3 is 15.2 Å². The lowest BCUT2D eigenvalue weighted by Crippen LogP contribution is -2.50. The van der Waals surface area contributed by atoms with Gasteiger partial charge in [0, 0.05) is 18.4 Å². The second-order valence-corrected chi connectivity index (χ2v) is 9.07. The van der Waals surface area contributed by atoms with Crippen molar-refractivity contribution >= 4 is 23.9 Å². The van der Waals surface area contributed by atoms with E-state index in [0.717, 1.165) is 27.3 Å². The van der Waals surface area contributed by atoms with Crippen LogP contribution in [0, 0.1) is 5.92 Å². The van der Waals surface area contributed by atoms with E-state index in [2.05, 4.69) is 35.0 Å². The van der Waals surface area contributed by atoms with Gasteiger partial charge in [0.1, 0.15) is 6.61 Å². The fourth-order valence-electron chi connectivity index (χ4n) is 5.13. The molecule has 34 heavy (non-hydrogen) atoms. The van der Waals surface area contributed by atoms with E-state index >= 15 is 0 Å². The molecule has 1 heterocycles. The smallest absolute Gasteiger partial charge is 0.407 e. The zero-order valence-electron chi connectivity index (χ0n) is 18.4. The Kier molecular flexibility index (Phi) is 5.69. The van der Waals surface area contributed by atoms with E-state index in [1.165, 1.54) is 0 Å². The molecule has 0 radical (unpaired) electrons. The Morgan fingerprint density at radius 1 is 1.03 bits per heavy atom. The van der Waals surface area contributed by atoms with Crippen LogP contribution in [0.4, 0.5) is 4.79 Å². The van der Waals surface area contributed by atoms with Gasteiger partial charge in [0.2, 0.25) is 11.8 Å². The minimum atomic E-state index is -1.21. The van der Waals surface area contributed by atoms with Gasteiger partial charge in [-0.25, -0.2) is 14.6 Å². The van der Waals surface area contributed by atoms with Crippen LogP contribution in [0.3, 0.4) is 0 Å². The molecular formula is C25H25N3O6. The molecule has 1 unspecified atom stereocenters. The molecule has 3 amide bonds. The fraction of sp³-hybridized carbons (Fsp3) is 0.360. The van der Waals surface area contributed by atoms with Crippen molar-refractivity contribution in [3.63, 3.8) is 0 Å². The maximum atomic E-state index is 12.4. The maximum absolute atomic E-state index is 12.4. The number of carbonyl (C=O) groups excluding carboxylic acids is 3. The van der Waals surface area contributed by atoms with Crippen LogP contribution in [0.2, 0.25) is 0 Å². The summed E-state index contributed by atoms with van der Waals surface area (Å²) in [6.07, 6.45) is 0.574. The molecule has 9 heteroatoms. The molecule has 3 N–H and O–H groups in total. The van der Waals surface area contributed by atoms with Crippen molar-refractivity contribution in [1.82, 2.24) is 15.8 Å². The van der Waals surface area contributed by atoms with Gasteiger partial charge >= 0.3 is 12.1 Å². The molecule has 2 aromatic rings. The quantitative estimate of drug-likeness (QED) is 0.604. The van der Waals surface area contributed by atoms with Crippen molar-refractivity contribution in [1.29, 1.82) is 0 Å². The van der Waals surface area contributed by atoms with Crippen LogP contribution in [-0.4, -0.2) is 52.7 Å². The van der Waals surface area contributed by atoms with Gasteiger partial charge in [-0.3, -0.25) is 15.0 Å². The number of hydrogen-bond acceptors (Lipinski definition) is 5. The summed E-state index contributed by atoms with van der Waals surface area (Å²) in [5.74, 6) is -2.12. The summed E-state index contributed by atoms with van der Waals surface area (Å²) in [5, 5.41) is 12.9. The van der Waals surface area contributed by atoms with Crippen LogP contribution in [0.1, 0.15) is 42.7 Å². The number of hydrazine groups is 1. The molecule has 0 spiro atoms. The molecule has 9 nitrogen and oxygen atoms in total. The number of nitrogens with one attached hydrogen (secondary N) is 2. The van der Waals surface area contributed by atoms with Crippen LogP contribution < -0.4 is 10.7 Å². The summed E-state index contributed by atoms with van der Waals surface area (Å²) in [5.41, 5.74) is 6.93. The molecule has 176 valence electrons. The third-order valence-corrected chi connectivity index (χ3v) is 6.85. The van der Waals surface area contributed by atoms with E-state index in [9.17, 15) is 24.3 Å². The predicted molar refractivity (Wildman–Crippen MR) is 120 cm³/mol. The normalized spacial score (nSPS) is 22.9. The number of amides is 3. The number of carbonyl (C=O) groups is 4. The topological polar surface area (TPSA) is 125 Å². The number of carboxylic acids is 1. The molecule has 1 saturated carbocycles. The first-order chi connectivity index (χ1) is 16.4. The highest BCUT2D eigenvalue weighted by Crippen LogP contribution is 2.44. The summed E-state index contributed by atoms with van der Waals surface area (Å²) < 4.78 is 5.56. The van der Waals surface area contributed by atoms with E-state index < -0.39 is 29.9 Å². The number of fused-ring (bicyclic) bond motifs is 3. The highest BCUT2D eigenvalue weighted by molar-refractivity contribution is 5.93. The molecule has 0 aromatic heterocycles. The van der Waals surface area contributed by atoms with Crippen molar-refractivity contribution in [2.75, 3.05) is 6.61 Å². The van der Waals surface area contributed by atoms with Crippen molar-refractivity contribution in [3.8, 4) is 11.1 Å². The van der Waals surface area contributed by atoms with E-state index in [4.69, 9.17) is 4.74 Å². The molecule has 2 aromatic carbocycles. The molecule has 1 atom stereocenters. The third-order valence-electron chi connectivity index (χ3n) is 6.85. The average Bonchev–Trinajstić information content (AvgIpc) is 3.34. The summed E-state index contributed by atoms with van der Waals surface area (Å²) in [7, 11) is 0. The Morgan fingerprint density at radius 3 is 2.26 bits per heavy atom. The Hall–Kier alpha value is -3.88. The highest BCUT2D eigenvalue weighted by atomic mass is 16.5. The Balaban J connectivity index is 1.09. The SMILES string of the molecule is O=C1CC(C(=O)O)N(C(=O)CC2CC(NC(=O)OCC3c4ccccc4-c4ccccc43)C2)N1. The van der Waals surface area contributed by atoms with Crippen LogP contribution in [0.25, 0.3) is 11.1 Å². The third kappa shape index (κ3) is 4.09. The first-order valence-corrected chi connectivity index (χ1v) is 11.4. The monoisotopic (exact) mass is 463 g/mol. The standard InChI is InChI=1S/C25H25N3O6/c29-22-12-21(24(31)32)28(27-22)23(30)11-14-9-15(10-14)26-25(33)34-13-20-18-7-3-1-5-16(18)17-6-2-4-8-19(17)20/h1-8,14-15,20-21H,9-13H2,(H,26,33)(H,27,29)(H,31,32). The van der Waals surface area contributed by atoms with Crippen LogP contribution in [-0.2, 0) is 19.1 Å². The minimum absolute atomic E-state index is 0.0113. The largest absolute Gasteiger partial charge is 0.480 e. The van der Waals surface area contributed by atoms with Gasteiger partial charge in [0.15, 0.2) is 6.04 Å². The average molecular weight is 463 g/mol. The molecule has 2 aliphatic carbocycles. The van der Waals surface area contributed by atoms with Crippen LogP contribution in [0.15, 0.2) is 48.5 Å². The molecule has 0 bridgehead atoms. The van der Waals surface area contributed by atoms with Crippen LogP contribution >= 0.6 is 0 Å². The molecule has 2 fully saturated rings. The van der Waals surface area contributed by atoms with Crippen LogP contribution in [0.5, 0.6) is 0 Å². The Labute approximate surface area is 196 Å². The molecule has 1 aliphatic heterocycles. The number of alkyl carbamates (subject to hydrolysis) is 1. The summed E-state index contributed by atoms with van der Waals surface area (Å²) in [4.78, 5) is 47.6. The predicted octanol–water partition coefficient (Wildman–Crippen LogP) is 2.41. The summed E-state index contributed by atoms with van der Waals surface area (Å²) >= 11 is 0. The van der Waals surface area contributed by atoms with Gasteiger partial charge in [-0.2, -0.15) is 0 Å². The van der Waals surface area contributed by atoms with Gasteiger partial charge in [0.25, 0.3) is 0 Å². The second-order valence-electron chi connectivity index (χ2n) is 9.07. The maximum Gasteiger partial charge on any atom is 0.407 e. The zero-order valence-corrected chi connectivity index (χ0v) is 18.4. The van der Waals surface area contributed by atoms with Gasteiger partial charge in [0.05, 0.1) is 6.42 Å². The number of benzene rings is 2. The lowest BCUT2D eigenvalue weighted by molar-refractivity contribution is -0.151. The Bertz CT molecular complexity index is 1110. The van der Waals surface area contributed by atoms with E-state index in [1.807, 2.05) is 24.3 Å². The molecular weight excluding hydrogens is 438 g/mol. The number of carboxylic acid groups (broad SMARTS) is 1. The molecule has 3 aliphatic rings. The summed E-state index contributed by atoms with van der Waals surface area (Å²) in [6, 6.07) is 15.0. The zero-order chi connectivity index (χ0) is 23.8. The molecule has 1 saturated heterocycles. The molecule has 5 rings (SSSR count). The highest BCUT2D eigenvalue weighted by Gasteiger charge is 2.41. The fourth-order valence-corrected chi connectivity index (χ4v) is 5.13. The van der Waals surface area contributed by atoms with Crippen molar-refractivity contribution in [2.24, 2.45) is 5.92 Å². The van der Waals surface area contributed by atoms with Crippen molar-refractivity contribution in [2.45, 2.75) is 43.7 Å². The number of hydrogen-bond donors (Lipinski definition) is 3. The lowest BCUT2D eigenvalue weighted by atomic mass is 9.78. The number of rotatable bonds is 6. The number of nitrogens with zero attached hydrogens (tertiary/aromatic N) is 1. The second kappa shape index (κ2) is 8.81. The van der Waals surface area contributed by atoms with E-state index in [1.54, 1.807) is 0 Å².